The maximum absolute atomic E-state index is 12.9. The zero-order valence-electron chi connectivity index (χ0n) is 12.2. The van der Waals surface area contributed by atoms with Gasteiger partial charge in [-0.25, -0.2) is 9.37 Å². The molecule has 112 valence electrons. The van der Waals surface area contributed by atoms with Gasteiger partial charge >= 0.3 is 0 Å². The molecule has 0 aliphatic carbocycles. The summed E-state index contributed by atoms with van der Waals surface area (Å²) in [7, 11) is 0. The van der Waals surface area contributed by atoms with Gasteiger partial charge < -0.3 is 4.90 Å². The van der Waals surface area contributed by atoms with Gasteiger partial charge in [-0.15, -0.1) is 0 Å². The minimum absolute atomic E-state index is 0.194. The number of pyridine rings is 1. The zero-order valence-corrected chi connectivity index (χ0v) is 12.2. The Hall–Kier alpha value is -2.45. The van der Waals surface area contributed by atoms with E-state index in [4.69, 9.17) is 5.26 Å². The lowest BCUT2D eigenvalue weighted by molar-refractivity contribution is 0.249. The molecule has 0 unspecified atom stereocenters. The van der Waals surface area contributed by atoms with Crippen LogP contribution in [0.15, 0.2) is 42.6 Å². The largest absolute Gasteiger partial charge is 0.354 e. The first-order valence-corrected chi connectivity index (χ1v) is 7.32. The van der Waals surface area contributed by atoms with Gasteiger partial charge in [-0.05, 0) is 29.8 Å². The number of nitrogens with zero attached hydrogens (tertiary/aromatic N) is 4. The summed E-state index contributed by atoms with van der Waals surface area (Å²) >= 11 is 0. The number of nitriles is 1. The molecule has 0 amide bonds. The van der Waals surface area contributed by atoms with E-state index in [0.717, 1.165) is 44.1 Å². The molecule has 1 aliphatic rings. The Labute approximate surface area is 129 Å². The molecular formula is C17H17FN4. The fourth-order valence-electron chi connectivity index (χ4n) is 2.62. The maximum atomic E-state index is 12.9. The van der Waals surface area contributed by atoms with Gasteiger partial charge in [0.15, 0.2) is 0 Å². The molecule has 1 aromatic heterocycles. The van der Waals surface area contributed by atoms with Gasteiger partial charge in [0.05, 0.1) is 5.56 Å². The third-order valence-electron chi connectivity index (χ3n) is 3.89. The number of aromatic nitrogens is 1. The molecule has 0 spiro atoms. The highest BCUT2D eigenvalue weighted by atomic mass is 19.1. The highest BCUT2D eigenvalue weighted by molar-refractivity contribution is 5.42. The van der Waals surface area contributed by atoms with Crippen LogP contribution in [0.25, 0.3) is 0 Å². The van der Waals surface area contributed by atoms with Crippen LogP contribution in [-0.4, -0.2) is 36.1 Å². The summed E-state index contributed by atoms with van der Waals surface area (Å²) in [5.74, 6) is 0.723. The maximum Gasteiger partial charge on any atom is 0.128 e. The molecule has 3 rings (SSSR count). The van der Waals surface area contributed by atoms with Crippen LogP contribution in [0.2, 0.25) is 0 Å². The van der Waals surface area contributed by atoms with Crippen molar-refractivity contribution >= 4 is 5.82 Å². The fourth-order valence-corrected chi connectivity index (χ4v) is 2.62. The molecule has 22 heavy (non-hydrogen) atoms. The van der Waals surface area contributed by atoms with E-state index in [-0.39, 0.29) is 5.82 Å². The topological polar surface area (TPSA) is 43.2 Å². The van der Waals surface area contributed by atoms with Gasteiger partial charge in [0.25, 0.3) is 0 Å². The average molecular weight is 296 g/mol. The van der Waals surface area contributed by atoms with Crippen molar-refractivity contribution in [3.05, 3.63) is 59.5 Å². The Morgan fingerprint density at radius 2 is 1.77 bits per heavy atom. The average Bonchev–Trinajstić information content (AvgIpc) is 2.58. The van der Waals surface area contributed by atoms with Crippen molar-refractivity contribution < 1.29 is 4.39 Å². The molecule has 5 heteroatoms. The molecule has 4 nitrogen and oxygen atoms in total. The monoisotopic (exact) mass is 296 g/mol. The van der Waals surface area contributed by atoms with Crippen LogP contribution in [0, 0.1) is 17.1 Å². The van der Waals surface area contributed by atoms with Crippen molar-refractivity contribution in [2.24, 2.45) is 0 Å². The van der Waals surface area contributed by atoms with Crippen LogP contribution < -0.4 is 4.90 Å². The summed E-state index contributed by atoms with van der Waals surface area (Å²) < 4.78 is 12.9. The lowest BCUT2D eigenvalue weighted by Gasteiger charge is -2.35. The number of anilines is 1. The zero-order chi connectivity index (χ0) is 15.4. The van der Waals surface area contributed by atoms with Crippen LogP contribution >= 0.6 is 0 Å². The highest BCUT2D eigenvalue weighted by Gasteiger charge is 2.18. The number of piperazine rings is 1. The minimum atomic E-state index is -0.194. The molecule has 0 radical (unpaired) electrons. The van der Waals surface area contributed by atoms with E-state index in [2.05, 4.69) is 20.9 Å². The van der Waals surface area contributed by atoms with Gasteiger partial charge in [0.2, 0.25) is 0 Å². The van der Waals surface area contributed by atoms with Gasteiger partial charge in [-0.1, -0.05) is 12.1 Å². The quantitative estimate of drug-likeness (QED) is 0.872. The van der Waals surface area contributed by atoms with E-state index in [1.165, 1.54) is 12.1 Å². The predicted octanol–water partition coefficient (Wildman–Crippen LogP) is 2.41. The van der Waals surface area contributed by atoms with E-state index in [1.54, 1.807) is 12.3 Å². The summed E-state index contributed by atoms with van der Waals surface area (Å²) in [5.41, 5.74) is 1.71. The van der Waals surface area contributed by atoms with Crippen molar-refractivity contribution in [3.63, 3.8) is 0 Å². The molecule has 1 fully saturated rings. The molecule has 0 N–H and O–H groups in total. The van der Waals surface area contributed by atoms with Crippen LogP contribution in [0.3, 0.4) is 0 Å². The van der Waals surface area contributed by atoms with Crippen LogP contribution in [-0.2, 0) is 6.54 Å². The van der Waals surface area contributed by atoms with E-state index in [1.807, 2.05) is 18.2 Å². The summed E-state index contributed by atoms with van der Waals surface area (Å²) in [4.78, 5) is 8.91. The number of halogens is 1. The number of benzene rings is 1. The molecule has 2 aromatic rings. The second-order valence-electron chi connectivity index (χ2n) is 5.41. The number of rotatable bonds is 3. The summed E-state index contributed by atoms with van der Waals surface area (Å²) in [5, 5.41) is 8.80. The third-order valence-corrected chi connectivity index (χ3v) is 3.89. The first-order chi connectivity index (χ1) is 10.7. The van der Waals surface area contributed by atoms with Crippen LogP contribution in [0.5, 0.6) is 0 Å². The molecule has 1 saturated heterocycles. The SMILES string of the molecule is N#Cc1ccc(N2CCN(Cc3ccc(F)cc3)CC2)nc1. The molecular weight excluding hydrogens is 279 g/mol. The number of hydrogen-bond donors (Lipinski definition) is 0. The van der Waals surface area contributed by atoms with Gasteiger partial charge in [0.1, 0.15) is 17.7 Å². The van der Waals surface area contributed by atoms with E-state index in [9.17, 15) is 4.39 Å². The Morgan fingerprint density at radius 3 is 2.36 bits per heavy atom. The molecule has 1 aliphatic heterocycles. The minimum Gasteiger partial charge on any atom is -0.354 e. The predicted molar refractivity (Wildman–Crippen MR) is 82.8 cm³/mol. The summed E-state index contributed by atoms with van der Waals surface area (Å²) in [6, 6.07) is 12.5. The fraction of sp³-hybridized carbons (Fsp3) is 0.294. The van der Waals surface area contributed by atoms with Crippen LogP contribution in [0.4, 0.5) is 10.2 Å². The lowest BCUT2D eigenvalue weighted by Crippen LogP contribution is -2.46. The molecule has 0 bridgehead atoms. The van der Waals surface area contributed by atoms with E-state index >= 15 is 0 Å². The Balaban J connectivity index is 1.55. The Kier molecular flexibility index (Phi) is 4.31. The van der Waals surface area contributed by atoms with Crippen molar-refractivity contribution in [1.29, 1.82) is 5.26 Å². The van der Waals surface area contributed by atoms with Gasteiger partial charge in [-0.2, -0.15) is 5.26 Å². The normalized spacial score (nSPS) is 15.5. The second kappa shape index (κ2) is 6.54. The third kappa shape index (κ3) is 3.41. The lowest BCUT2D eigenvalue weighted by atomic mass is 10.2. The first kappa shape index (κ1) is 14.5. The summed E-state index contributed by atoms with van der Waals surface area (Å²) in [6.07, 6.45) is 1.61. The molecule has 1 aromatic carbocycles. The van der Waals surface area contributed by atoms with Crippen molar-refractivity contribution in [2.45, 2.75) is 6.54 Å². The van der Waals surface area contributed by atoms with Gasteiger partial charge in [-0.3, -0.25) is 4.90 Å². The van der Waals surface area contributed by atoms with Crippen molar-refractivity contribution in [3.8, 4) is 6.07 Å². The van der Waals surface area contributed by atoms with E-state index < -0.39 is 0 Å². The molecule has 0 saturated carbocycles. The molecule has 2 heterocycles. The first-order valence-electron chi connectivity index (χ1n) is 7.32. The summed E-state index contributed by atoms with van der Waals surface area (Å²) in [6.45, 7) is 4.53. The smallest absolute Gasteiger partial charge is 0.128 e. The second-order valence-corrected chi connectivity index (χ2v) is 5.41. The van der Waals surface area contributed by atoms with E-state index in [0.29, 0.717) is 5.56 Å². The van der Waals surface area contributed by atoms with Crippen molar-refractivity contribution in [1.82, 2.24) is 9.88 Å². The highest BCUT2D eigenvalue weighted by Crippen LogP contribution is 2.15. The Morgan fingerprint density at radius 1 is 1.05 bits per heavy atom. The molecule has 0 atom stereocenters. The van der Waals surface area contributed by atoms with Crippen LogP contribution in [0.1, 0.15) is 11.1 Å². The van der Waals surface area contributed by atoms with Crippen molar-refractivity contribution in [2.75, 3.05) is 31.1 Å². The van der Waals surface area contributed by atoms with Gasteiger partial charge in [0, 0.05) is 38.9 Å². The number of hydrogen-bond acceptors (Lipinski definition) is 4. The Bertz CT molecular complexity index is 653. The standard InChI is InChI=1S/C17H17FN4/c18-16-4-1-14(2-5-16)13-21-7-9-22(10-8-21)17-6-3-15(11-19)12-20-17/h1-6,12H,7-10,13H2.